The van der Waals surface area contributed by atoms with Gasteiger partial charge in [0, 0.05) is 23.2 Å². The number of hydrogen-bond acceptors (Lipinski definition) is 2. The van der Waals surface area contributed by atoms with E-state index in [4.69, 9.17) is 0 Å². The van der Waals surface area contributed by atoms with Crippen molar-refractivity contribution in [1.82, 2.24) is 4.90 Å². The zero-order valence-electron chi connectivity index (χ0n) is 14.8. The van der Waals surface area contributed by atoms with Crippen LogP contribution in [-0.4, -0.2) is 37.5 Å². The second-order valence-electron chi connectivity index (χ2n) is 7.51. The standard InChI is InChI=1S/C21H23FN2O/c1-15-4-3-5-16(12-15)20(25)24-14-21(8-10-23(2)11-9-21)18-13-17(22)6-7-19(18)24/h3-7,12-13H,8-11,14H2,1-2H3. The largest absolute Gasteiger partial charge is 0.307 e. The number of carbonyl (C=O) groups is 1. The molecular formula is C21H23FN2O. The number of amides is 1. The Morgan fingerprint density at radius 1 is 1.12 bits per heavy atom. The third kappa shape index (κ3) is 2.74. The summed E-state index contributed by atoms with van der Waals surface area (Å²) >= 11 is 0. The molecule has 3 nitrogen and oxygen atoms in total. The number of rotatable bonds is 1. The summed E-state index contributed by atoms with van der Waals surface area (Å²) in [6.45, 7) is 4.58. The second kappa shape index (κ2) is 5.95. The van der Waals surface area contributed by atoms with Crippen LogP contribution in [0.2, 0.25) is 0 Å². The highest BCUT2D eigenvalue weighted by Gasteiger charge is 2.46. The van der Waals surface area contributed by atoms with Gasteiger partial charge < -0.3 is 9.80 Å². The van der Waals surface area contributed by atoms with Crippen molar-refractivity contribution >= 4 is 11.6 Å². The Kier molecular flexibility index (Phi) is 3.88. The molecular weight excluding hydrogens is 315 g/mol. The number of aryl methyl sites for hydroxylation is 1. The van der Waals surface area contributed by atoms with Gasteiger partial charge in [-0.25, -0.2) is 4.39 Å². The third-order valence-electron chi connectivity index (χ3n) is 5.74. The van der Waals surface area contributed by atoms with E-state index >= 15 is 0 Å². The maximum Gasteiger partial charge on any atom is 0.258 e. The van der Waals surface area contributed by atoms with E-state index < -0.39 is 0 Å². The monoisotopic (exact) mass is 338 g/mol. The van der Waals surface area contributed by atoms with Crippen molar-refractivity contribution in [3.63, 3.8) is 0 Å². The summed E-state index contributed by atoms with van der Waals surface area (Å²) in [5, 5.41) is 0. The number of carbonyl (C=O) groups excluding carboxylic acids is 1. The molecule has 0 saturated carbocycles. The molecule has 0 aliphatic carbocycles. The zero-order chi connectivity index (χ0) is 17.6. The Morgan fingerprint density at radius 2 is 1.88 bits per heavy atom. The van der Waals surface area contributed by atoms with Gasteiger partial charge in [0.15, 0.2) is 0 Å². The fraction of sp³-hybridized carbons (Fsp3) is 0.381. The first kappa shape index (κ1) is 16.3. The van der Waals surface area contributed by atoms with E-state index in [2.05, 4.69) is 11.9 Å². The van der Waals surface area contributed by atoms with Crippen molar-refractivity contribution in [1.29, 1.82) is 0 Å². The Morgan fingerprint density at radius 3 is 2.60 bits per heavy atom. The minimum absolute atomic E-state index is 0.00682. The van der Waals surface area contributed by atoms with Crippen LogP contribution >= 0.6 is 0 Å². The van der Waals surface area contributed by atoms with Gasteiger partial charge in [-0.3, -0.25) is 4.79 Å². The van der Waals surface area contributed by atoms with E-state index in [1.165, 1.54) is 6.07 Å². The van der Waals surface area contributed by atoms with Gasteiger partial charge in [-0.2, -0.15) is 0 Å². The summed E-state index contributed by atoms with van der Waals surface area (Å²) in [4.78, 5) is 17.3. The molecule has 2 aromatic rings. The number of fused-ring (bicyclic) bond motifs is 2. The summed E-state index contributed by atoms with van der Waals surface area (Å²) < 4.78 is 14.0. The van der Waals surface area contributed by atoms with Gasteiger partial charge >= 0.3 is 0 Å². The average Bonchev–Trinajstić information content (AvgIpc) is 2.91. The van der Waals surface area contributed by atoms with Gasteiger partial charge in [0.1, 0.15) is 5.82 Å². The molecule has 2 aliphatic rings. The van der Waals surface area contributed by atoms with Crippen LogP contribution < -0.4 is 4.90 Å². The molecule has 0 atom stereocenters. The maximum atomic E-state index is 14.0. The van der Waals surface area contributed by atoms with Gasteiger partial charge in [0.25, 0.3) is 5.91 Å². The van der Waals surface area contributed by atoms with E-state index in [0.29, 0.717) is 12.1 Å². The van der Waals surface area contributed by atoms with E-state index in [9.17, 15) is 9.18 Å². The molecule has 4 rings (SSSR count). The topological polar surface area (TPSA) is 23.6 Å². The van der Waals surface area contributed by atoms with Crippen LogP contribution in [0.5, 0.6) is 0 Å². The average molecular weight is 338 g/mol. The van der Waals surface area contributed by atoms with Gasteiger partial charge in [-0.15, -0.1) is 0 Å². The first-order valence-electron chi connectivity index (χ1n) is 8.86. The molecule has 4 heteroatoms. The first-order chi connectivity index (χ1) is 12.0. The summed E-state index contributed by atoms with van der Waals surface area (Å²) in [5.41, 5.74) is 3.52. The minimum Gasteiger partial charge on any atom is -0.307 e. The Bertz CT molecular complexity index is 824. The highest BCUT2D eigenvalue weighted by atomic mass is 19.1. The van der Waals surface area contributed by atoms with Gasteiger partial charge in [-0.05, 0) is 75.8 Å². The van der Waals surface area contributed by atoms with Crippen LogP contribution in [0.4, 0.5) is 10.1 Å². The zero-order valence-corrected chi connectivity index (χ0v) is 14.8. The first-order valence-corrected chi connectivity index (χ1v) is 8.86. The van der Waals surface area contributed by atoms with E-state index in [-0.39, 0.29) is 17.1 Å². The summed E-state index contributed by atoms with van der Waals surface area (Å²) in [5.74, 6) is -0.214. The molecule has 2 heterocycles. The number of benzene rings is 2. The third-order valence-corrected chi connectivity index (χ3v) is 5.74. The molecule has 0 N–H and O–H groups in total. The number of nitrogens with zero attached hydrogens (tertiary/aromatic N) is 2. The lowest BCUT2D eigenvalue weighted by Gasteiger charge is -2.38. The molecule has 1 spiro atoms. The SMILES string of the molecule is Cc1cccc(C(=O)N2CC3(CCN(C)CC3)c3cc(F)ccc32)c1. The fourth-order valence-corrected chi connectivity index (χ4v) is 4.23. The fourth-order valence-electron chi connectivity index (χ4n) is 4.23. The Balaban J connectivity index is 1.75. The normalized spacial score (nSPS) is 19.2. The molecule has 1 amide bonds. The molecule has 0 radical (unpaired) electrons. The lowest BCUT2D eigenvalue weighted by molar-refractivity contribution is 0.0979. The van der Waals surface area contributed by atoms with Crippen molar-refractivity contribution in [2.45, 2.75) is 25.2 Å². The van der Waals surface area contributed by atoms with Crippen LogP contribution in [-0.2, 0) is 5.41 Å². The molecule has 2 aliphatic heterocycles. The molecule has 0 aromatic heterocycles. The van der Waals surface area contributed by atoms with Crippen molar-refractivity contribution in [3.8, 4) is 0 Å². The van der Waals surface area contributed by atoms with Crippen molar-refractivity contribution < 1.29 is 9.18 Å². The summed E-state index contributed by atoms with van der Waals surface area (Å²) in [7, 11) is 2.12. The van der Waals surface area contributed by atoms with Gasteiger partial charge in [0.05, 0.1) is 0 Å². The number of likely N-dealkylation sites (tertiary alicyclic amines) is 1. The van der Waals surface area contributed by atoms with Gasteiger partial charge in [-0.1, -0.05) is 17.7 Å². The molecule has 25 heavy (non-hydrogen) atoms. The van der Waals surface area contributed by atoms with Gasteiger partial charge in [0.2, 0.25) is 0 Å². The number of hydrogen-bond donors (Lipinski definition) is 0. The van der Waals surface area contributed by atoms with Crippen LogP contribution in [0.3, 0.4) is 0 Å². The Labute approximate surface area is 148 Å². The van der Waals surface area contributed by atoms with Crippen LogP contribution in [0.25, 0.3) is 0 Å². The van der Waals surface area contributed by atoms with E-state index in [1.807, 2.05) is 36.1 Å². The highest BCUT2D eigenvalue weighted by Crippen LogP contribution is 2.47. The molecule has 2 aromatic carbocycles. The summed E-state index contributed by atoms with van der Waals surface area (Å²) in [6.07, 6.45) is 1.91. The van der Waals surface area contributed by atoms with E-state index in [1.54, 1.807) is 12.1 Å². The minimum atomic E-state index is -0.220. The predicted molar refractivity (Wildman–Crippen MR) is 97.7 cm³/mol. The lowest BCUT2D eigenvalue weighted by atomic mass is 9.74. The predicted octanol–water partition coefficient (Wildman–Crippen LogP) is 3.76. The van der Waals surface area contributed by atoms with Crippen LogP contribution in [0.1, 0.15) is 34.3 Å². The molecule has 0 bridgehead atoms. The smallest absolute Gasteiger partial charge is 0.258 e. The maximum absolute atomic E-state index is 14.0. The van der Waals surface area contributed by atoms with E-state index in [0.717, 1.165) is 42.7 Å². The molecule has 0 unspecified atom stereocenters. The number of anilines is 1. The Hall–Kier alpha value is -2.20. The molecule has 1 fully saturated rings. The van der Waals surface area contributed by atoms with Crippen molar-refractivity contribution in [2.24, 2.45) is 0 Å². The second-order valence-corrected chi connectivity index (χ2v) is 7.51. The number of piperidine rings is 1. The number of halogens is 1. The van der Waals surface area contributed by atoms with Crippen molar-refractivity contribution in [2.75, 3.05) is 31.6 Å². The van der Waals surface area contributed by atoms with Crippen LogP contribution in [0, 0.1) is 12.7 Å². The lowest BCUT2D eigenvalue weighted by Crippen LogP contribution is -2.44. The summed E-state index contributed by atoms with van der Waals surface area (Å²) in [6, 6.07) is 12.6. The van der Waals surface area contributed by atoms with Crippen LogP contribution in [0.15, 0.2) is 42.5 Å². The molecule has 130 valence electrons. The quantitative estimate of drug-likeness (QED) is 0.790. The molecule has 1 saturated heterocycles. The van der Waals surface area contributed by atoms with Crippen molar-refractivity contribution in [3.05, 3.63) is 65.0 Å². The highest BCUT2D eigenvalue weighted by molar-refractivity contribution is 6.07.